The van der Waals surface area contributed by atoms with E-state index in [1.165, 1.54) is 0 Å². The van der Waals surface area contributed by atoms with Crippen molar-refractivity contribution in [2.75, 3.05) is 7.05 Å². The molecule has 0 bridgehead atoms. The van der Waals surface area contributed by atoms with Crippen LogP contribution >= 0.6 is 0 Å². The van der Waals surface area contributed by atoms with Gasteiger partial charge in [-0.15, -0.1) is 0 Å². The van der Waals surface area contributed by atoms with Gasteiger partial charge in [-0.1, -0.05) is 48.5 Å². The zero-order valence-electron chi connectivity index (χ0n) is 11.7. The lowest BCUT2D eigenvalue weighted by Crippen LogP contribution is -2.18. The van der Waals surface area contributed by atoms with Crippen LogP contribution in [0.2, 0.25) is 0 Å². The Balaban J connectivity index is 2.15. The van der Waals surface area contributed by atoms with Crippen LogP contribution in [-0.4, -0.2) is 22.8 Å². The van der Waals surface area contributed by atoms with E-state index in [0.717, 1.165) is 33.3 Å². The number of amides is 1. The van der Waals surface area contributed by atoms with E-state index in [4.69, 9.17) is 0 Å². The van der Waals surface area contributed by atoms with Gasteiger partial charge < -0.3 is 4.90 Å². The summed E-state index contributed by atoms with van der Waals surface area (Å²) in [5.41, 5.74) is 4.64. The first-order valence-corrected chi connectivity index (χ1v) is 6.98. The molecule has 0 saturated carbocycles. The fourth-order valence-electron chi connectivity index (χ4n) is 3.00. The molecular formula is C18H14N2O. The van der Waals surface area contributed by atoms with E-state index in [2.05, 4.69) is 4.98 Å². The molecule has 102 valence electrons. The lowest BCUT2D eigenvalue weighted by Gasteiger charge is -2.11. The topological polar surface area (TPSA) is 33.2 Å². The lowest BCUT2D eigenvalue weighted by atomic mass is 9.95. The quantitative estimate of drug-likeness (QED) is 0.680. The van der Waals surface area contributed by atoms with Crippen LogP contribution in [0.15, 0.2) is 54.6 Å². The van der Waals surface area contributed by atoms with Gasteiger partial charge in [-0.2, -0.15) is 0 Å². The minimum absolute atomic E-state index is 0.0575. The van der Waals surface area contributed by atoms with E-state index >= 15 is 0 Å². The average Bonchev–Trinajstić information content (AvgIpc) is 2.80. The number of hydrogen-bond donors (Lipinski definition) is 0. The maximum Gasteiger partial charge on any atom is 0.256 e. The third-order valence-electron chi connectivity index (χ3n) is 3.98. The van der Waals surface area contributed by atoms with Gasteiger partial charge in [-0.25, -0.2) is 0 Å². The zero-order chi connectivity index (χ0) is 14.4. The molecule has 0 saturated heterocycles. The van der Waals surface area contributed by atoms with E-state index in [1.54, 1.807) is 4.90 Å². The second-order valence-electron chi connectivity index (χ2n) is 5.35. The minimum Gasteiger partial charge on any atom is -0.336 e. The van der Waals surface area contributed by atoms with Gasteiger partial charge in [-0.3, -0.25) is 9.78 Å². The summed E-state index contributed by atoms with van der Waals surface area (Å²) in [5, 5.41) is 1.03. The summed E-state index contributed by atoms with van der Waals surface area (Å²) in [6.07, 6.45) is 0. The number of para-hydroxylation sites is 1. The van der Waals surface area contributed by atoms with Crippen LogP contribution in [-0.2, 0) is 6.54 Å². The Hall–Kier alpha value is -2.68. The molecule has 1 aromatic heterocycles. The molecule has 21 heavy (non-hydrogen) atoms. The number of carbonyl (C=O) groups is 1. The first-order chi connectivity index (χ1) is 10.3. The van der Waals surface area contributed by atoms with Crippen LogP contribution in [0.1, 0.15) is 16.1 Å². The van der Waals surface area contributed by atoms with Crippen molar-refractivity contribution < 1.29 is 4.79 Å². The zero-order valence-corrected chi connectivity index (χ0v) is 11.7. The molecule has 0 radical (unpaired) electrons. The van der Waals surface area contributed by atoms with Crippen LogP contribution in [0.3, 0.4) is 0 Å². The Morgan fingerprint density at radius 2 is 1.67 bits per heavy atom. The van der Waals surface area contributed by atoms with Crippen LogP contribution in [0, 0.1) is 0 Å². The largest absolute Gasteiger partial charge is 0.336 e. The predicted molar refractivity (Wildman–Crippen MR) is 83.0 cm³/mol. The van der Waals surface area contributed by atoms with Crippen molar-refractivity contribution >= 4 is 16.8 Å². The molecule has 0 N–H and O–H groups in total. The van der Waals surface area contributed by atoms with E-state index < -0.39 is 0 Å². The summed E-state index contributed by atoms with van der Waals surface area (Å²) in [6.45, 7) is 0.582. The second kappa shape index (κ2) is 4.42. The number of rotatable bonds is 1. The van der Waals surface area contributed by atoms with Gasteiger partial charge in [0.25, 0.3) is 5.91 Å². The summed E-state index contributed by atoms with van der Waals surface area (Å²) in [4.78, 5) is 18.9. The van der Waals surface area contributed by atoms with Gasteiger partial charge in [0.15, 0.2) is 0 Å². The van der Waals surface area contributed by atoms with Crippen molar-refractivity contribution in [1.29, 1.82) is 0 Å². The summed E-state index contributed by atoms with van der Waals surface area (Å²) in [5.74, 6) is 0.0575. The van der Waals surface area contributed by atoms with Crippen molar-refractivity contribution in [3.63, 3.8) is 0 Å². The number of nitrogens with zero attached hydrogens (tertiary/aromatic N) is 2. The standard InChI is InChI=1S/C18H14N2O/c1-20-11-15-17(18(20)21)16(12-7-3-2-4-8-12)13-9-5-6-10-14(13)19-15/h2-10H,11H2,1H3. The van der Waals surface area contributed by atoms with Gasteiger partial charge in [-0.05, 0) is 11.6 Å². The van der Waals surface area contributed by atoms with Crippen molar-refractivity contribution in [1.82, 2.24) is 9.88 Å². The maximum absolute atomic E-state index is 12.5. The maximum atomic E-state index is 12.5. The number of carbonyl (C=O) groups excluding carboxylic acids is 1. The molecule has 0 fully saturated rings. The smallest absolute Gasteiger partial charge is 0.256 e. The third kappa shape index (κ3) is 1.74. The fourth-order valence-corrected chi connectivity index (χ4v) is 3.00. The summed E-state index contributed by atoms with van der Waals surface area (Å²) >= 11 is 0. The molecule has 1 aliphatic rings. The van der Waals surface area contributed by atoms with Gasteiger partial charge >= 0.3 is 0 Å². The Kier molecular flexibility index (Phi) is 2.54. The van der Waals surface area contributed by atoms with E-state index in [1.807, 2.05) is 61.6 Å². The number of benzene rings is 2. The highest BCUT2D eigenvalue weighted by Gasteiger charge is 2.30. The summed E-state index contributed by atoms with van der Waals surface area (Å²) in [7, 11) is 1.82. The summed E-state index contributed by atoms with van der Waals surface area (Å²) in [6, 6.07) is 18.1. The number of pyridine rings is 1. The molecule has 4 rings (SSSR count). The Morgan fingerprint density at radius 1 is 0.952 bits per heavy atom. The van der Waals surface area contributed by atoms with E-state index in [-0.39, 0.29) is 5.91 Å². The highest BCUT2D eigenvalue weighted by molar-refractivity contribution is 6.11. The average molecular weight is 274 g/mol. The van der Waals surface area contributed by atoms with Crippen LogP contribution < -0.4 is 0 Å². The molecule has 0 unspecified atom stereocenters. The Labute approximate surface area is 122 Å². The van der Waals surface area contributed by atoms with Crippen molar-refractivity contribution in [3.8, 4) is 11.1 Å². The lowest BCUT2D eigenvalue weighted by molar-refractivity contribution is 0.0817. The molecule has 1 aliphatic heterocycles. The van der Waals surface area contributed by atoms with Gasteiger partial charge in [0, 0.05) is 18.0 Å². The van der Waals surface area contributed by atoms with Gasteiger partial charge in [0.1, 0.15) is 0 Å². The van der Waals surface area contributed by atoms with Crippen molar-refractivity contribution in [2.45, 2.75) is 6.54 Å². The van der Waals surface area contributed by atoms with Crippen LogP contribution in [0.25, 0.3) is 22.0 Å². The highest BCUT2D eigenvalue weighted by Crippen LogP contribution is 2.36. The molecule has 3 nitrogen and oxygen atoms in total. The molecule has 2 heterocycles. The van der Waals surface area contributed by atoms with E-state index in [9.17, 15) is 4.79 Å². The first-order valence-electron chi connectivity index (χ1n) is 6.98. The molecule has 0 atom stereocenters. The highest BCUT2D eigenvalue weighted by atomic mass is 16.2. The number of aromatic nitrogens is 1. The van der Waals surface area contributed by atoms with Crippen LogP contribution in [0.5, 0.6) is 0 Å². The normalized spacial score (nSPS) is 13.8. The molecule has 0 aliphatic carbocycles. The Bertz CT molecular complexity index is 856. The molecule has 1 amide bonds. The van der Waals surface area contributed by atoms with Gasteiger partial charge in [0.05, 0.1) is 23.3 Å². The fraction of sp³-hybridized carbons (Fsp3) is 0.111. The van der Waals surface area contributed by atoms with Gasteiger partial charge in [0.2, 0.25) is 0 Å². The molecule has 2 aromatic carbocycles. The van der Waals surface area contributed by atoms with Crippen molar-refractivity contribution in [2.24, 2.45) is 0 Å². The third-order valence-corrected chi connectivity index (χ3v) is 3.98. The summed E-state index contributed by atoms with van der Waals surface area (Å²) < 4.78 is 0. The Morgan fingerprint density at radius 3 is 2.48 bits per heavy atom. The molecule has 0 spiro atoms. The van der Waals surface area contributed by atoms with E-state index in [0.29, 0.717) is 6.54 Å². The molecule has 3 heteroatoms. The SMILES string of the molecule is CN1Cc2nc3ccccc3c(-c3ccccc3)c2C1=O. The first kappa shape index (κ1) is 12.1. The van der Waals surface area contributed by atoms with Crippen molar-refractivity contribution in [3.05, 3.63) is 65.9 Å². The monoisotopic (exact) mass is 274 g/mol. The molecule has 3 aromatic rings. The number of hydrogen-bond acceptors (Lipinski definition) is 2. The minimum atomic E-state index is 0.0575. The predicted octanol–water partition coefficient (Wildman–Crippen LogP) is 3.49. The van der Waals surface area contributed by atoms with Crippen LogP contribution in [0.4, 0.5) is 0 Å². The number of fused-ring (bicyclic) bond motifs is 2. The second-order valence-corrected chi connectivity index (χ2v) is 5.35. The molecular weight excluding hydrogens is 260 g/mol.